The molecule has 2 heterocycles. The number of benzene rings is 2. The fourth-order valence-corrected chi connectivity index (χ4v) is 5.20. The number of carbonyl (C=O) groups is 1. The van der Waals surface area contributed by atoms with Gasteiger partial charge in [0.15, 0.2) is 0 Å². The lowest BCUT2D eigenvalue weighted by Gasteiger charge is -2.37. The Balaban J connectivity index is 1.37. The van der Waals surface area contributed by atoms with Crippen LogP contribution in [0, 0.1) is 18.8 Å². The van der Waals surface area contributed by atoms with Crippen LogP contribution in [0.25, 0.3) is 28.2 Å². The van der Waals surface area contributed by atoms with E-state index in [-0.39, 0.29) is 6.42 Å². The van der Waals surface area contributed by atoms with Gasteiger partial charge in [-0.05, 0) is 66.1 Å². The summed E-state index contributed by atoms with van der Waals surface area (Å²) in [5.41, 5.74) is 6.38. The number of carboxylic acids is 1. The number of rotatable bonds is 8. The van der Waals surface area contributed by atoms with E-state index in [2.05, 4.69) is 59.5 Å². The monoisotopic (exact) mass is 485 g/mol. The molecule has 1 aromatic heterocycles. The second-order valence-electron chi connectivity index (χ2n) is 9.58. The predicted molar refractivity (Wildman–Crippen MR) is 138 cm³/mol. The molecule has 7 heteroatoms. The van der Waals surface area contributed by atoms with Crippen LogP contribution < -0.4 is 0 Å². The molecule has 0 amide bonds. The van der Waals surface area contributed by atoms with Gasteiger partial charge in [0.25, 0.3) is 5.89 Å². The molecule has 0 spiro atoms. The summed E-state index contributed by atoms with van der Waals surface area (Å²) in [5, 5.41) is 13.3. The lowest BCUT2D eigenvalue weighted by atomic mass is 9.80. The van der Waals surface area contributed by atoms with Crippen molar-refractivity contribution in [2.75, 3.05) is 26.7 Å². The molecule has 2 aromatic carbocycles. The van der Waals surface area contributed by atoms with Crippen molar-refractivity contribution in [2.45, 2.75) is 26.4 Å². The molecule has 0 radical (unpaired) electrons. The lowest BCUT2D eigenvalue weighted by molar-refractivity contribution is -0.137. The zero-order valence-corrected chi connectivity index (χ0v) is 20.7. The molecule has 1 saturated heterocycles. The minimum atomic E-state index is -0.753. The van der Waals surface area contributed by atoms with Crippen LogP contribution in [-0.4, -0.2) is 52.9 Å². The maximum Gasteiger partial charge on any atom is 0.304 e. The molecule has 2 atom stereocenters. The summed E-state index contributed by atoms with van der Waals surface area (Å²) in [6, 6.07) is 14.5. The van der Waals surface area contributed by atoms with Gasteiger partial charge < -0.3 is 19.3 Å². The third-order valence-corrected chi connectivity index (χ3v) is 7.13. The van der Waals surface area contributed by atoms with Gasteiger partial charge in [0.2, 0.25) is 5.82 Å². The minimum Gasteiger partial charge on any atom is -0.481 e. The van der Waals surface area contributed by atoms with E-state index in [9.17, 15) is 4.79 Å². The third-order valence-electron chi connectivity index (χ3n) is 7.13. The Morgan fingerprint density at radius 3 is 2.86 bits per heavy atom. The molecule has 5 rings (SSSR count). The summed E-state index contributed by atoms with van der Waals surface area (Å²) in [4.78, 5) is 17.9. The first-order chi connectivity index (χ1) is 17.5. The molecule has 1 fully saturated rings. The average Bonchev–Trinajstić information content (AvgIpc) is 3.38. The number of likely N-dealkylation sites (tertiary alicyclic amines) is 1. The summed E-state index contributed by atoms with van der Waals surface area (Å²) in [6.45, 7) is 4.94. The van der Waals surface area contributed by atoms with E-state index in [0.717, 1.165) is 41.8 Å². The van der Waals surface area contributed by atoms with Crippen molar-refractivity contribution >= 4 is 11.5 Å². The molecule has 1 aliphatic carbocycles. The number of methoxy groups -OCH3 is 1. The number of carboxylic acid groups (broad SMARTS) is 1. The van der Waals surface area contributed by atoms with Gasteiger partial charge in [0, 0.05) is 31.3 Å². The first-order valence-corrected chi connectivity index (χ1v) is 12.4. The van der Waals surface area contributed by atoms with Crippen LogP contribution in [0.2, 0.25) is 0 Å². The van der Waals surface area contributed by atoms with Crippen molar-refractivity contribution in [1.29, 1.82) is 0 Å². The third kappa shape index (κ3) is 5.17. The zero-order chi connectivity index (χ0) is 25.1. The maximum atomic E-state index is 11.0. The number of aryl methyl sites for hydroxylation is 1. The van der Waals surface area contributed by atoms with Gasteiger partial charge in [-0.25, -0.2) is 0 Å². The molecule has 0 bridgehead atoms. The van der Waals surface area contributed by atoms with E-state index in [0.29, 0.717) is 36.7 Å². The molecule has 1 aliphatic heterocycles. The van der Waals surface area contributed by atoms with Crippen molar-refractivity contribution in [3.8, 4) is 22.6 Å². The Labute approximate surface area is 211 Å². The molecular formula is C29H31N3O4. The highest BCUT2D eigenvalue weighted by Crippen LogP contribution is 2.35. The SMILES string of the molecule is COCc1cc(-c2nc(C3=CC4CN(CCC(=O)O)CCC4C=C3)no2)ccc1-c1ccccc1C. The Bertz CT molecular complexity index is 1310. The standard InChI is InChI=1S/C29H31N3O4/c1-19-5-3-4-6-25(19)26-10-9-22(16-24(26)18-35-2)29-30-28(31-36-29)21-8-7-20-11-13-32(14-12-27(33)34)17-23(20)15-21/h3-10,15-16,20,23H,11-14,17-18H2,1-2H3,(H,33,34). The minimum absolute atomic E-state index is 0.172. The summed E-state index contributed by atoms with van der Waals surface area (Å²) >= 11 is 0. The second kappa shape index (κ2) is 10.6. The van der Waals surface area contributed by atoms with Crippen molar-refractivity contribution in [3.63, 3.8) is 0 Å². The van der Waals surface area contributed by atoms with Crippen molar-refractivity contribution in [3.05, 3.63) is 77.6 Å². The highest BCUT2D eigenvalue weighted by atomic mass is 16.5. The van der Waals surface area contributed by atoms with Gasteiger partial charge in [-0.15, -0.1) is 0 Å². The van der Waals surface area contributed by atoms with Gasteiger partial charge in [0.1, 0.15) is 0 Å². The highest BCUT2D eigenvalue weighted by molar-refractivity contribution is 5.75. The fourth-order valence-electron chi connectivity index (χ4n) is 5.20. The van der Waals surface area contributed by atoms with Crippen LogP contribution in [0.4, 0.5) is 0 Å². The van der Waals surface area contributed by atoms with Crippen LogP contribution in [-0.2, 0) is 16.1 Å². The quantitative estimate of drug-likeness (QED) is 0.468. The first-order valence-electron chi connectivity index (χ1n) is 12.4. The van der Waals surface area contributed by atoms with Gasteiger partial charge >= 0.3 is 5.97 Å². The molecule has 2 unspecified atom stereocenters. The highest BCUT2D eigenvalue weighted by Gasteiger charge is 2.29. The Kier molecular flexibility index (Phi) is 7.11. The summed E-state index contributed by atoms with van der Waals surface area (Å²) in [6.07, 6.45) is 7.73. The largest absolute Gasteiger partial charge is 0.481 e. The number of allylic oxidation sites excluding steroid dienone is 3. The normalized spacial score (nSPS) is 19.7. The van der Waals surface area contributed by atoms with Crippen molar-refractivity contribution in [2.24, 2.45) is 11.8 Å². The number of hydrogen-bond donors (Lipinski definition) is 1. The molecule has 1 N–H and O–H groups in total. The molecule has 2 aliphatic rings. The number of aromatic nitrogens is 2. The van der Waals surface area contributed by atoms with Gasteiger partial charge in [0.05, 0.1) is 13.0 Å². The Morgan fingerprint density at radius 1 is 1.19 bits per heavy atom. The lowest BCUT2D eigenvalue weighted by Crippen LogP contribution is -2.40. The Morgan fingerprint density at radius 2 is 2.06 bits per heavy atom. The van der Waals surface area contributed by atoms with Gasteiger partial charge in [-0.1, -0.05) is 53.7 Å². The summed E-state index contributed by atoms with van der Waals surface area (Å²) in [5.74, 6) is 1.07. The van der Waals surface area contributed by atoms with E-state index in [1.807, 2.05) is 18.2 Å². The van der Waals surface area contributed by atoms with Crippen LogP contribution in [0.3, 0.4) is 0 Å². The number of ether oxygens (including phenoxy) is 1. The predicted octanol–water partition coefficient (Wildman–Crippen LogP) is 5.22. The number of fused-ring (bicyclic) bond motifs is 1. The van der Waals surface area contributed by atoms with Crippen LogP contribution in [0.5, 0.6) is 0 Å². The number of nitrogens with zero attached hydrogens (tertiary/aromatic N) is 3. The average molecular weight is 486 g/mol. The summed E-state index contributed by atoms with van der Waals surface area (Å²) in [7, 11) is 1.70. The molecule has 3 aromatic rings. The number of piperidine rings is 1. The number of aliphatic carboxylic acids is 1. The maximum absolute atomic E-state index is 11.0. The first kappa shape index (κ1) is 24.2. The van der Waals surface area contributed by atoms with Crippen LogP contribution in [0.15, 0.2) is 65.2 Å². The van der Waals surface area contributed by atoms with Crippen LogP contribution in [0.1, 0.15) is 29.8 Å². The van der Waals surface area contributed by atoms with E-state index in [4.69, 9.17) is 19.4 Å². The van der Waals surface area contributed by atoms with E-state index >= 15 is 0 Å². The van der Waals surface area contributed by atoms with Crippen LogP contribution >= 0.6 is 0 Å². The second-order valence-corrected chi connectivity index (χ2v) is 9.58. The molecule has 186 valence electrons. The van der Waals surface area contributed by atoms with E-state index in [1.54, 1.807) is 7.11 Å². The molecule has 7 nitrogen and oxygen atoms in total. The van der Waals surface area contributed by atoms with Gasteiger partial charge in [-0.2, -0.15) is 4.98 Å². The molecule has 36 heavy (non-hydrogen) atoms. The smallest absolute Gasteiger partial charge is 0.304 e. The van der Waals surface area contributed by atoms with Crippen molar-refractivity contribution in [1.82, 2.24) is 15.0 Å². The van der Waals surface area contributed by atoms with E-state index in [1.165, 1.54) is 11.1 Å². The molecule has 0 saturated carbocycles. The van der Waals surface area contributed by atoms with Gasteiger partial charge in [-0.3, -0.25) is 4.79 Å². The topological polar surface area (TPSA) is 88.7 Å². The van der Waals surface area contributed by atoms with E-state index < -0.39 is 5.97 Å². The number of hydrogen-bond acceptors (Lipinski definition) is 6. The zero-order valence-electron chi connectivity index (χ0n) is 20.7. The fraction of sp³-hybridized carbons (Fsp3) is 0.345. The Hall–Kier alpha value is -3.55. The summed E-state index contributed by atoms with van der Waals surface area (Å²) < 4.78 is 11.2. The molecular weight excluding hydrogens is 454 g/mol. The van der Waals surface area contributed by atoms with Crippen molar-refractivity contribution < 1.29 is 19.2 Å².